The van der Waals surface area contributed by atoms with E-state index in [2.05, 4.69) is 20.3 Å². The number of aromatic carboxylic acids is 1. The van der Waals surface area contributed by atoms with E-state index in [4.69, 9.17) is 5.11 Å². The minimum atomic E-state index is -0.984. The van der Waals surface area contributed by atoms with Gasteiger partial charge < -0.3 is 20.3 Å². The van der Waals surface area contributed by atoms with E-state index in [9.17, 15) is 4.79 Å². The molecule has 4 aromatic rings. The molecule has 0 atom stereocenters. The van der Waals surface area contributed by atoms with Crippen LogP contribution in [0.5, 0.6) is 0 Å². The summed E-state index contributed by atoms with van der Waals surface area (Å²) in [6.07, 6.45) is 1.71. The SMILES string of the molecule is CN(C)c1ccc(-c2ccnc(Nc3ccc4[nH]c(C(=O)O)cc4c3)n2)cc1. The molecule has 0 spiro atoms. The number of H-pyrrole nitrogens is 1. The second-order valence-electron chi connectivity index (χ2n) is 6.62. The molecule has 0 aliphatic carbocycles. The van der Waals surface area contributed by atoms with E-state index >= 15 is 0 Å². The van der Waals surface area contributed by atoms with E-state index in [1.165, 1.54) is 0 Å². The molecule has 4 rings (SSSR count). The van der Waals surface area contributed by atoms with Crippen LogP contribution in [0.1, 0.15) is 10.5 Å². The lowest BCUT2D eigenvalue weighted by Crippen LogP contribution is -2.08. The summed E-state index contributed by atoms with van der Waals surface area (Å²) in [7, 11) is 4.00. The van der Waals surface area contributed by atoms with Crippen molar-refractivity contribution in [2.45, 2.75) is 0 Å². The van der Waals surface area contributed by atoms with Crippen molar-refractivity contribution in [2.24, 2.45) is 0 Å². The third-order valence-electron chi connectivity index (χ3n) is 4.44. The molecule has 0 saturated heterocycles. The maximum absolute atomic E-state index is 11.1. The number of fused-ring (bicyclic) bond motifs is 1. The highest BCUT2D eigenvalue weighted by molar-refractivity contribution is 5.94. The molecular weight excluding hydrogens is 354 g/mol. The van der Waals surface area contributed by atoms with Crippen LogP contribution in [0, 0.1) is 0 Å². The first-order valence-electron chi connectivity index (χ1n) is 8.73. The zero-order chi connectivity index (χ0) is 19.7. The number of nitrogens with one attached hydrogen (secondary N) is 2. The standard InChI is InChI=1S/C21H19N5O2/c1-26(2)16-6-3-13(4-7-16)18-9-10-22-21(25-18)23-15-5-8-17-14(11-15)12-19(24-17)20(27)28/h3-12,24H,1-2H3,(H,27,28)(H,22,23,25). The molecule has 28 heavy (non-hydrogen) atoms. The van der Waals surface area contributed by atoms with Crippen molar-refractivity contribution in [2.75, 3.05) is 24.3 Å². The Morgan fingerprint density at radius 1 is 1.07 bits per heavy atom. The van der Waals surface area contributed by atoms with E-state index in [1.807, 2.05) is 67.5 Å². The molecule has 0 aliphatic heterocycles. The second kappa shape index (κ2) is 7.03. The monoisotopic (exact) mass is 373 g/mol. The molecule has 7 nitrogen and oxygen atoms in total. The lowest BCUT2D eigenvalue weighted by Gasteiger charge is -2.12. The molecule has 0 bridgehead atoms. The number of hydrogen-bond acceptors (Lipinski definition) is 5. The van der Waals surface area contributed by atoms with Gasteiger partial charge in [0.05, 0.1) is 5.69 Å². The summed E-state index contributed by atoms with van der Waals surface area (Å²) < 4.78 is 0. The third kappa shape index (κ3) is 3.50. The lowest BCUT2D eigenvalue weighted by molar-refractivity contribution is 0.0691. The van der Waals surface area contributed by atoms with Gasteiger partial charge in [0, 0.05) is 48.1 Å². The summed E-state index contributed by atoms with van der Waals surface area (Å²) in [6, 6.07) is 17.2. The Morgan fingerprint density at radius 2 is 1.86 bits per heavy atom. The average molecular weight is 373 g/mol. The molecular formula is C21H19N5O2. The Balaban J connectivity index is 1.59. The van der Waals surface area contributed by atoms with Crippen LogP contribution in [-0.4, -0.2) is 40.1 Å². The predicted molar refractivity (Wildman–Crippen MR) is 110 cm³/mol. The Bertz CT molecular complexity index is 1150. The van der Waals surface area contributed by atoms with Crippen LogP contribution in [0.2, 0.25) is 0 Å². The van der Waals surface area contributed by atoms with Crippen molar-refractivity contribution in [1.29, 1.82) is 0 Å². The third-order valence-corrected chi connectivity index (χ3v) is 4.44. The van der Waals surface area contributed by atoms with E-state index in [-0.39, 0.29) is 5.69 Å². The first-order valence-corrected chi connectivity index (χ1v) is 8.73. The Morgan fingerprint density at radius 3 is 2.57 bits per heavy atom. The predicted octanol–water partition coefficient (Wildman–Crippen LogP) is 4.13. The van der Waals surface area contributed by atoms with Gasteiger partial charge in [-0.3, -0.25) is 0 Å². The summed E-state index contributed by atoms with van der Waals surface area (Å²) in [6.45, 7) is 0. The highest BCUT2D eigenvalue weighted by atomic mass is 16.4. The van der Waals surface area contributed by atoms with Gasteiger partial charge in [-0.25, -0.2) is 14.8 Å². The minimum Gasteiger partial charge on any atom is -0.477 e. The number of aromatic nitrogens is 3. The van der Waals surface area contributed by atoms with Crippen LogP contribution < -0.4 is 10.2 Å². The number of carboxylic acids is 1. The maximum Gasteiger partial charge on any atom is 0.352 e. The number of anilines is 3. The number of rotatable bonds is 5. The van der Waals surface area contributed by atoms with Crippen molar-refractivity contribution in [3.8, 4) is 11.3 Å². The molecule has 7 heteroatoms. The number of aromatic amines is 1. The fourth-order valence-electron chi connectivity index (χ4n) is 2.96. The van der Waals surface area contributed by atoms with Gasteiger partial charge in [0.15, 0.2) is 0 Å². The topological polar surface area (TPSA) is 94.1 Å². The van der Waals surface area contributed by atoms with E-state index in [0.717, 1.165) is 33.5 Å². The molecule has 0 aliphatic rings. The summed E-state index contributed by atoms with van der Waals surface area (Å²) in [4.78, 5) is 24.9. The summed E-state index contributed by atoms with van der Waals surface area (Å²) in [5.74, 6) is -0.510. The lowest BCUT2D eigenvalue weighted by atomic mass is 10.1. The van der Waals surface area contributed by atoms with Gasteiger partial charge in [0.1, 0.15) is 5.69 Å². The van der Waals surface area contributed by atoms with E-state index in [0.29, 0.717) is 5.95 Å². The van der Waals surface area contributed by atoms with Crippen molar-refractivity contribution >= 4 is 34.2 Å². The van der Waals surface area contributed by atoms with Crippen LogP contribution >= 0.6 is 0 Å². The van der Waals surface area contributed by atoms with E-state index in [1.54, 1.807) is 12.3 Å². The van der Waals surface area contributed by atoms with Crippen molar-refractivity contribution < 1.29 is 9.90 Å². The number of benzene rings is 2. The van der Waals surface area contributed by atoms with Crippen molar-refractivity contribution in [1.82, 2.24) is 15.0 Å². The summed E-state index contributed by atoms with van der Waals surface area (Å²) >= 11 is 0. The zero-order valence-corrected chi connectivity index (χ0v) is 15.5. The zero-order valence-electron chi connectivity index (χ0n) is 15.5. The maximum atomic E-state index is 11.1. The highest BCUT2D eigenvalue weighted by Crippen LogP contribution is 2.24. The first-order chi connectivity index (χ1) is 13.5. The largest absolute Gasteiger partial charge is 0.477 e. The molecule has 0 radical (unpaired) electrons. The van der Waals surface area contributed by atoms with E-state index < -0.39 is 5.97 Å². The number of hydrogen-bond donors (Lipinski definition) is 3. The molecule has 0 fully saturated rings. The van der Waals surface area contributed by atoms with Crippen LogP contribution in [0.4, 0.5) is 17.3 Å². The molecule has 0 unspecified atom stereocenters. The van der Waals surface area contributed by atoms with Gasteiger partial charge in [-0.15, -0.1) is 0 Å². The number of carboxylic acid groups (broad SMARTS) is 1. The quantitative estimate of drug-likeness (QED) is 0.487. The second-order valence-corrected chi connectivity index (χ2v) is 6.62. The highest BCUT2D eigenvalue weighted by Gasteiger charge is 2.09. The Hall–Kier alpha value is -3.87. The Labute approximate surface area is 161 Å². The summed E-state index contributed by atoms with van der Waals surface area (Å²) in [5, 5.41) is 13.1. The molecule has 0 amide bonds. The number of carbonyl (C=O) groups is 1. The minimum absolute atomic E-state index is 0.159. The van der Waals surface area contributed by atoms with Crippen LogP contribution in [0.25, 0.3) is 22.2 Å². The van der Waals surface area contributed by atoms with Gasteiger partial charge in [-0.05, 0) is 42.5 Å². The molecule has 2 aromatic heterocycles. The molecule has 2 aromatic carbocycles. The Kier molecular flexibility index (Phi) is 4.41. The van der Waals surface area contributed by atoms with Gasteiger partial charge in [0.2, 0.25) is 5.95 Å². The van der Waals surface area contributed by atoms with Crippen LogP contribution in [0.3, 0.4) is 0 Å². The molecule has 2 heterocycles. The first kappa shape index (κ1) is 17.5. The smallest absolute Gasteiger partial charge is 0.352 e. The summed E-state index contributed by atoms with van der Waals surface area (Å²) in [5.41, 5.74) is 4.65. The molecule has 140 valence electrons. The number of nitrogens with zero attached hydrogens (tertiary/aromatic N) is 3. The normalized spacial score (nSPS) is 10.8. The fourth-order valence-corrected chi connectivity index (χ4v) is 2.96. The van der Waals surface area contributed by atoms with Gasteiger partial charge >= 0.3 is 5.97 Å². The van der Waals surface area contributed by atoms with Crippen LogP contribution in [-0.2, 0) is 0 Å². The van der Waals surface area contributed by atoms with Gasteiger partial charge in [-0.2, -0.15) is 0 Å². The van der Waals surface area contributed by atoms with Crippen LogP contribution in [0.15, 0.2) is 60.8 Å². The average Bonchev–Trinajstić information content (AvgIpc) is 3.12. The van der Waals surface area contributed by atoms with Crippen molar-refractivity contribution in [3.63, 3.8) is 0 Å². The fraction of sp³-hybridized carbons (Fsp3) is 0.0952. The van der Waals surface area contributed by atoms with Gasteiger partial charge in [0.25, 0.3) is 0 Å². The van der Waals surface area contributed by atoms with Crippen molar-refractivity contribution in [3.05, 3.63) is 66.5 Å². The van der Waals surface area contributed by atoms with Gasteiger partial charge in [-0.1, -0.05) is 12.1 Å². The molecule has 0 saturated carbocycles. The molecule has 3 N–H and O–H groups in total.